The molecule has 5 heteroatoms. The summed E-state index contributed by atoms with van der Waals surface area (Å²) >= 11 is 5.64. The summed E-state index contributed by atoms with van der Waals surface area (Å²) in [4.78, 5) is 0. The second-order valence-corrected chi connectivity index (χ2v) is 3.88. The van der Waals surface area contributed by atoms with Crippen molar-refractivity contribution in [2.75, 3.05) is 7.11 Å². The molecule has 0 saturated heterocycles. The van der Waals surface area contributed by atoms with E-state index >= 15 is 0 Å². The van der Waals surface area contributed by atoms with Crippen LogP contribution in [0.25, 0.3) is 0 Å². The standard InChI is InChI=1S/C12H11ClFNO2/c1-16-7-2-3-8(9(14)6-7)12(15)10-4-5-11(13)17-10/h2-6,12H,15H2,1H3. The Hall–Kier alpha value is -1.52. The van der Waals surface area contributed by atoms with Gasteiger partial charge in [-0.25, -0.2) is 4.39 Å². The first-order valence-electron chi connectivity index (χ1n) is 4.96. The molecule has 0 aliphatic rings. The van der Waals surface area contributed by atoms with Gasteiger partial charge in [-0.15, -0.1) is 0 Å². The second kappa shape index (κ2) is 4.77. The minimum atomic E-state index is -0.687. The predicted octanol–water partition coefficient (Wildman–Crippen LogP) is 3.13. The molecule has 1 unspecified atom stereocenters. The summed E-state index contributed by atoms with van der Waals surface area (Å²) < 4.78 is 23.8. The number of nitrogens with two attached hydrogens (primary N) is 1. The first-order valence-corrected chi connectivity index (χ1v) is 5.34. The van der Waals surface area contributed by atoms with Crippen LogP contribution in [0.4, 0.5) is 4.39 Å². The zero-order chi connectivity index (χ0) is 12.4. The van der Waals surface area contributed by atoms with Gasteiger partial charge >= 0.3 is 0 Å². The molecule has 2 N–H and O–H groups in total. The monoisotopic (exact) mass is 255 g/mol. The van der Waals surface area contributed by atoms with E-state index in [4.69, 9.17) is 26.5 Å². The third-order valence-corrected chi connectivity index (χ3v) is 2.65. The number of hydrogen-bond donors (Lipinski definition) is 1. The highest BCUT2D eigenvalue weighted by Gasteiger charge is 2.17. The Balaban J connectivity index is 2.34. The largest absolute Gasteiger partial charge is 0.497 e. The van der Waals surface area contributed by atoms with Crippen LogP contribution < -0.4 is 10.5 Å². The summed E-state index contributed by atoms with van der Waals surface area (Å²) in [5.41, 5.74) is 6.22. The van der Waals surface area contributed by atoms with Crippen LogP contribution in [0.5, 0.6) is 5.75 Å². The van der Waals surface area contributed by atoms with Crippen LogP contribution in [0.1, 0.15) is 17.4 Å². The maximum Gasteiger partial charge on any atom is 0.193 e. The minimum Gasteiger partial charge on any atom is -0.497 e. The van der Waals surface area contributed by atoms with Gasteiger partial charge in [-0.3, -0.25) is 0 Å². The van der Waals surface area contributed by atoms with Crippen LogP contribution >= 0.6 is 11.6 Å². The van der Waals surface area contributed by atoms with Crippen LogP contribution in [0.15, 0.2) is 34.7 Å². The molecule has 17 heavy (non-hydrogen) atoms. The molecule has 1 aromatic carbocycles. The van der Waals surface area contributed by atoms with Crippen molar-refractivity contribution < 1.29 is 13.5 Å². The summed E-state index contributed by atoms with van der Waals surface area (Å²) in [6.45, 7) is 0. The lowest BCUT2D eigenvalue weighted by Gasteiger charge is -2.11. The average molecular weight is 256 g/mol. The third kappa shape index (κ3) is 2.43. The molecule has 0 amide bonds. The first-order chi connectivity index (χ1) is 8.11. The Labute approximate surface area is 103 Å². The maximum absolute atomic E-state index is 13.7. The predicted molar refractivity (Wildman–Crippen MR) is 62.7 cm³/mol. The van der Waals surface area contributed by atoms with Gasteiger partial charge in [0.1, 0.15) is 17.3 Å². The van der Waals surface area contributed by atoms with Gasteiger partial charge in [-0.05, 0) is 29.8 Å². The third-order valence-electron chi connectivity index (χ3n) is 2.44. The number of rotatable bonds is 3. The second-order valence-electron chi connectivity index (χ2n) is 3.51. The first kappa shape index (κ1) is 12.0. The Bertz CT molecular complexity index is 527. The van der Waals surface area contributed by atoms with E-state index in [1.54, 1.807) is 24.3 Å². The van der Waals surface area contributed by atoms with E-state index in [1.165, 1.54) is 13.2 Å². The van der Waals surface area contributed by atoms with Gasteiger partial charge in [-0.2, -0.15) is 0 Å². The number of ether oxygens (including phenoxy) is 1. The van der Waals surface area contributed by atoms with E-state index < -0.39 is 11.9 Å². The fourth-order valence-corrected chi connectivity index (χ4v) is 1.69. The number of methoxy groups -OCH3 is 1. The Morgan fingerprint density at radius 1 is 1.35 bits per heavy atom. The van der Waals surface area contributed by atoms with Crippen molar-refractivity contribution in [3.8, 4) is 5.75 Å². The maximum atomic E-state index is 13.7. The van der Waals surface area contributed by atoms with E-state index in [0.717, 1.165) is 0 Å². The van der Waals surface area contributed by atoms with Gasteiger partial charge in [0.2, 0.25) is 0 Å². The number of halogens is 2. The van der Waals surface area contributed by atoms with Gasteiger partial charge in [0.05, 0.1) is 13.2 Å². The Morgan fingerprint density at radius 3 is 2.65 bits per heavy atom. The van der Waals surface area contributed by atoms with Crippen molar-refractivity contribution in [1.29, 1.82) is 0 Å². The number of hydrogen-bond acceptors (Lipinski definition) is 3. The van der Waals surface area contributed by atoms with Crippen molar-refractivity contribution >= 4 is 11.6 Å². The lowest BCUT2D eigenvalue weighted by Crippen LogP contribution is -2.12. The highest BCUT2D eigenvalue weighted by Crippen LogP contribution is 2.27. The Morgan fingerprint density at radius 2 is 2.12 bits per heavy atom. The molecule has 3 nitrogen and oxygen atoms in total. The molecular weight excluding hydrogens is 245 g/mol. The minimum absolute atomic E-state index is 0.226. The van der Waals surface area contributed by atoms with Crippen LogP contribution in [0.3, 0.4) is 0 Å². The fraction of sp³-hybridized carbons (Fsp3) is 0.167. The normalized spacial score (nSPS) is 12.5. The lowest BCUT2D eigenvalue weighted by molar-refractivity contribution is 0.409. The van der Waals surface area contributed by atoms with Gasteiger partial charge in [-0.1, -0.05) is 6.07 Å². The van der Waals surface area contributed by atoms with Crippen LogP contribution in [0, 0.1) is 5.82 Å². The molecule has 0 aliphatic carbocycles. The average Bonchev–Trinajstić information content (AvgIpc) is 2.75. The molecule has 0 bridgehead atoms. The lowest BCUT2D eigenvalue weighted by atomic mass is 10.0. The van der Waals surface area contributed by atoms with Gasteiger partial charge in [0, 0.05) is 11.6 Å². The molecule has 1 atom stereocenters. The summed E-state index contributed by atoms with van der Waals surface area (Å²) in [7, 11) is 1.47. The van der Waals surface area contributed by atoms with E-state index in [0.29, 0.717) is 17.1 Å². The van der Waals surface area contributed by atoms with Crippen LogP contribution in [-0.2, 0) is 0 Å². The molecule has 0 spiro atoms. The van der Waals surface area contributed by atoms with Crippen molar-refractivity contribution in [3.63, 3.8) is 0 Å². The van der Waals surface area contributed by atoms with E-state index in [-0.39, 0.29) is 5.22 Å². The highest BCUT2D eigenvalue weighted by molar-refractivity contribution is 6.28. The smallest absolute Gasteiger partial charge is 0.193 e. The number of benzene rings is 1. The van der Waals surface area contributed by atoms with Crippen molar-refractivity contribution in [1.82, 2.24) is 0 Å². The number of furan rings is 1. The molecule has 0 radical (unpaired) electrons. The van der Waals surface area contributed by atoms with E-state index in [1.807, 2.05) is 0 Å². The van der Waals surface area contributed by atoms with E-state index in [2.05, 4.69) is 0 Å². The van der Waals surface area contributed by atoms with Crippen molar-refractivity contribution in [2.45, 2.75) is 6.04 Å². The van der Waals surface area contributed by atoms with Crippen molar-refractivity contribution in [2.24, 2.45) is 5.73 Å². The van der Waals surface area contributed by atoms with Gasteiger partial charge in [0.15, 0.2) is 5.22 Å². The van der Waals surface area contributed by atoms with Gasteiger partial charge in [0.25, 0.3) is 0 Å². The SMILES string of the molecule is COc1ccc(C(N)c2ccc(Cl)o2)c(F)c1. The molecule has 1 aromatic heterocycles. The molecular formula is C12H11ClFNO2. The fourth-order valence-electron chi connectivity index (χ4n) is 1.54. The quantitative estimate of drug-likeness (QED) is 0.917. The summed E-state index contributed by atoms with van der Waals surface area (Å²) in [5, 5.41) is 0.226. The van der Waals surface area contributed by atoms with Crippen LogP contribution in [-0.4, -0.2) is 7.11 Å². The van der Waals surface area contributed by atoms with Crippen LogP contribution in [0.2, 0.25) is 5.22 Å². The molecule has 2 aromatic rings. The molecule has 1 heterocycles. The molecule has 0 saturated carbocycles. The molecule has 0 fully saturated rings. The van der Waals surface area contributed by atoms with Crippen molar-refractivity contribution in [3.05, 3.63) is 52.7 Å². The topological polar surface area (TPSA) is 48.4 Å². The highest BCUT2D eigenvalue weighted by atomic mass is 35.5. The molecule has 90 valence electrons. The zero-order valence-corrected chi connectivity index (χ0v) is 9.87. The summed E-state index contributed by atoms with van der Waals surface area (Å²) in [6, 6.07) is 6.99. The molecule has 0 aliphatic heterocycles. The van der Waals surface area contributed by atoms with E-state index in [9.17, 15) is 4.39 Å². The van der Waals surface area contributed by atoms with Gasteiger partial charge < -0.3 is 14.9 Å². The zero-order valence-electron chi connectivity index (χ0n) is 9.11. The summed E-state index contributed by atoms with van der Waals surface area (Å²) in [5.74, 6) is 0.416. The molecule has 2 rings (SSSR count). The Kier molecular flexibility index (Phi) is 3.36. The summed E-state index contributed by atoms with van der Waals surface area (Å²) in [6.07, 6.45) is 0.